The molecule has 0 saturated heterocycles. The number of ether oxygens (including phenoxy) is 2. The minimum Gasteiger partial charge on any atom is -0.481 e. The van der Waals surface area contributed by atoms with E-state index in [4.69, 9.17) is 9.47 Å². The molecule has 114 valence electrons. The number of rotatable bonds is 6. The highest BCUT2D eigenvalue weighted by Gasteiger charge is 2.17. The van der Waals surface area contributed by atoms with Gasteiger partial charge in [-0.1, -0.05) is 18.2 Å². The molecule has 0 unspecified atom stereocenters. The molecule has 0 saturated carbocycles. The molecule has 0 spiro atoms. The maximum absolute atomic E-state index is 12.1. The molecule has 2 aromatic rings. The van der Waals surface area contributed by atoms with Gasteiger partial charge in [-0.2, -0.15) is 9.97 Å². The highest BCUT2D eigenvalue weighted by atomic mass is 16.5. The van der Waals surface area contributed by atoms with Crippen LogP contribution in [0.2, 0.25) is 0 Å². The number of aromatic nitrogens is 2. The quantitative estimate of drug-likeness (QED) is 0.645. The van der Waals surface area contributed by atoms with Crippen molar-refractivity contribution < 1.29 is 19.1 Å². The van der Waals surface area contributed by atoms with E-state index in [1.165, 1.54) is 20.3 Å². The number of anilines is 1. The zero-order valence-corrected chi connectivity index (χ0v) is 12.2. The third-order valence-electron chi connectivity index (χ3n) is 2.73. The number of carbonyl (C=O) groups excluding carboxylic acids is 2. The Hall–Kier alpha value is -2.96. The molecule has 1 heterocycles. The Morgan fingerprint density at radius 3 is 2.18 bits per heavy atom. The smallest absolute Gasteiger partial charge is 0.232 e. The van der Waals surface area contributed by atoms with Crippen LogP contribution in [-0.2, 0) is 4.79 Å². The normalized spacial score (nSPS) is 9.91. The molecule has 1 amide bonds. The van der Waals surface area contributed by atoms with Crippen molar-refractivity contribution in [3.63, 3.8) is 0 Å². The molecular weight excluding hydrogens is 286 g/mol. The predicted octanol–water partition coefficient (Wildman–Crippen LogP) is 1.71. The second kappa shape index (κ2) is 7.16. The van der Waals surface area contributed by atoms with E-state index in [1.807, 2.05) is 6.07 Å². The minimum atomic E-state index is -0.523. The molecule has 0 aliphatic heterocycles. The maximum Gasteiger partial charge on any atom is 0.232 e. The number of hydrogen-bond donors (Lipinski definition) is 1. The van der Waals surface area contributed by atoms with Crippen molar-refractivity contribution in [3.05, 3.63) is 42.2 Å². The van der Waals surface area contributed by atoms with Gasteiger partial charge in [-0.25, -0.2) is 0 Å². The van der Waals surface area contributed by atoms with Crippen LogP contribution in [0.5, 0.6) is 11.8 Å². The molecule has 7 heteroatoms. The first-order valence-electron chi connectivity index (χ1n) is 6.47. The number of amides is 1. The number of para-hydroxylation sites is 1. The van der Waals surface area contributed by atoms with Gasteiger partial charge in [0.05, 0.1) is 26.7 Å². The fraction of sp³-hybridized carbons (Fsp3) is 0.200. The van der Waals surface area contributed by atoms with E-state index in [0.29, 0.717) is 5.69 Å². The van der Waals surface area contributed by atoms with E-state index in [9.17, 15) is 9.59 Å². The van der Waals surface area contributed by atoms with Gasteiger partial charge < -0.3 is 14.8 Å². The third-order valence-corrected chi connectivity index (χ3v) is 2.73. The molecule has 1 aromatic carbocycles. The van der Waals surface area contributed by atoms with E-state index >= 15 is 0 Å². The molecule has 0 aliphatic rings. The lowest BCUT2D eigenvalue weighted by molar-refractivity contribution is -0.115. The first-order chi connectivity index (χ1) is 10.6. The van der Waals surface area contributed by atoms with Crippen LogP contribution < -0.4 is 14.8 Å². The molecule has 22 heavy (non-hydrogen) atoms. The van der Waals surface area contributed by atoms with Gasteiger partial charge in [0.1, 0.15) is 0 Å². The van der Waals surface area contributed by atoms with Crippen molar-refractivity contribution in [2.75, 3.05) is 19.5 Å². The Morgan fingerprint density at radius 1 is 1.05 bits per heavy atom. The van der Waals surface area contributed by atoms with Crippen molar-refractivity contribution in [3.8, 4) is 11.8 Å². The van der Waals surface area contributed by atoms with E-state index in [0.717, 1.165) is 0 Å². The summed E-state index contributed by atoms with van der Waals surface area (Å²) in [5, 5.41) is 2.62. The van der Waals surface area contributed by atoms with Gasteiger partial charge in [0.25, 0.3) is 0 Å². The average Bonchev–Trinajstić information content (AvgIpc) is 2.55. The van der Waals surface area contributed by atoms with Crippen LogP contribution >= 0.6 is 0 Å². The summed E-state index contributed by atoms with van der Waals surface area (Å²) in [5.74, 6) is -0.705. The van der Waals surface area contributed by atoms with Gasteiger partial charge in [-0.3, -0.25) is 9.59 Å². The summed E-state index contributed by atoms with van der Waals surface area (Å²) >= 11 is 0. The van der Waals surface area contributed by atoms with Gasteiger partial charge in [0, 0.05) is 5.69 Å². The second-order valence-corrected chi connectivity index (χ2v) is 4.29. The molecule has 0 aliphatic carbocycles. The van der Waals surface area contributed by atoms with Crippen LogP contribution in [0.3, 0.4) is 0 Å². The van der Waals surface area contributed by atoms with Gasteiger partial charge in [0.15, 0.2) is 0 Å². The van der Waals surface area contributed by atoms with Crippen molar-refractivity contribution >= 4 is 17.4 Å². The summed E-state index contributed by atoms with van der Waals surface area (Å²) < 4.78 is 9.93. The van der Waals surface area contributed by atoms with Crippen molar-refractivity contribution in [2.45, 2.75) is 6.42 Å². The Labute approximate surface area is 127 Å². The van der Waals surface area contributed by atoms with Crippen LogP contribution in [-0.4, -0.2) is 35.9 Å². The monoisotopic (exact) mass is 301 g/mol. The van der Waals surface area contributed by atoms with Crippen LogP contribution in [0.15, 0.2) is 36.4 Å². The Balaban J connectivity index is 2.07. The number of nitrogens with zero attached hydrogens (tertiary/aromatic N) is 2. The maximum atomic E-state index is 12.1. The molecule has 0 atom stereocenters. The number of Topliss-reactive ketones (excluding diaryl/α,β-unsaturated/α-hetero) is 1. The Morgan fingerprint density at radius 2 is 1.64 bits per heavy atom. The summed E-state index contributed by atoms with van der Waals surface area (Å²) in [5.41, 5.74) is 0.615. The number of carbonyl (C=O) groups is 2. The SMILES string of the molecule is COc1cc(OC)nc(C(=O)CC(=O)Nc2ccccc2)n1. The van der Waals surface area contributed by atoms with E-state index in [-0.39, 0.29) is 24.0 Å². The van der Waals surface area contributed by atoms with Gasteiger partial charge in [-0.15, -0.1) is 0 Å². The van der Waals surface area contributed by atoms with Crippen LogP contribution in [0.25, 0.3) is 0 Å². The fourth-order valence-electron chi connectivity index (χ4n) is 1.69. The topological polar surface area (TPSA) is 90.4 Å². The minimum absolute atomic E-state index is 0.126. The van der Waals surface area contributed by atoms with Gasteiger partial charge in [0.2, 0.25) is 29.3 Å². The molecular formula is C15H15N3O4. The van der Waals surface area contributed by atoms with E-state index < -0.39 is 11.7 Å². The van der Waals surface area contributed by atoms with Crippen molar-refractivity contribution in [1.82, 2.24) is 9.97 Å². The standard InChI is InChI=1S/C15H15N3O4/c1-21-13-9-14(22-2)18-15(17-13)11(19)8-12(20)16-10-6-4-3-5-7-10/h3-7,9H,8H2,1-2H3,(H,16,20). The summed E-state index contributed by atoms with van der Waals surface area (Å²) in [6.45, 7) is 0. The third kappa shape index (κ3) is 4.02. The van der Waals surface area contributed by atoms with Crippen LogP contribution in [0.1, 0.15) is 17.0 Å². The summed E-state index contributed by atoms with van der Waals surface area (Å²) in [6.07, 6.45) is -0.370. The van der Waals surface area contributed by atoms with E-state index in [2.05, 4.69) is 15.3 Å². The van der Waals surface area contributed by atoms with E-state index in [1.54, 1.807) is 24.3 Å². The Kier molecular flexibility index (Phi) is 5.02. The van der Waals surface area contributed by atoms with Crippen molar-refractivity contribution in [1.29, 1.82) is 0 Å². The first-order valence-corrected chi connectivity index (χ1v) is 6.47. The second-order valence-electron chi connectivity index (χ2n) is 4.29. The summed E-state index contributed by atoms with van der Waals surface area (Å²) in [6, 6.07) is 10.3. The summed E-state index contributed by atoms with van der Waals surface area (Å²) in [4.78, 5) is 31.8. The highest BCUT2D eigenvalue weighted by molar-refractivity contribution is 6.09. The number of hydrogen-bond acceptors (Lipinski definition) is 6. The number of nitrogens with one attached hydrogen (secondary N) is 1. The van der Waals surface area contributed by atoms with Crippen LogP contribution in [0, 0.1) is 0 Å². The number of ketones is 1. The lowest BCUT2D eigenvalue weighted by Crippen LogP contribution is -2.18. The van der Waals surface area contributed by atoms with Gasteiger partial charge >= 0.3 is 0 Å². The molecule has 0 fully saturated rings. The lowest BCUT2D eigenvalue weighted by atomic mass is 10.2. The zero-order chi connectivity index (χ0) is 15.9. The molecule has 2 rings (SSSR count). The van der Waals surface area contributed by atoms with Crippen molar-refractivity contribution in [2.24, 2.45) is 0 Å². The highest BCUT2D eigenvalue weighted by Crippen LogP contribution is 2.16. The molecule has 0 radical (unpaired) electrons. The number of methoxy groups -OCH3 is 2. The Bertz CT molecular complexity index is 651. The largest absolute Gasteiger partial charge is 0.481 e. The average molecular weight is 301 g/mol. The zero-order valence-electron chi connectivity index (χ0n) is 12.2. The predicted molar refractivity (Wildman–Crippen MR) is 79.2 cm³/mol. The fourth-order valence-corrected chi connectivity index (χ4v) is 1.69. The first kappa shape index (κ1) is 15.4. The molecule has 7 nitrogen and oxygen atoms in total. The molecule has 1 aromatic heterocycles. The van der Waals surface area contributed by atoms with Gasteiger partial charge in [-0.05, 0) is 12.1 Å². The molecule has 0 bridgehead atoms. The summed E-state index contributed by atoms with van der Waals surface area (Å²) in [7, 11) is 2.83. The number of benzene rings is 1. The van der Waals surface area contributed by atoms with Crippen LogP contribution in [0.4, 0.5) is 5.69 Å². The lowest BCUT2D eigenvalue weighted by Gasteiger charge is -2.06. The molecule has 1 N–H and O–H groups in total.